The molecular formula is C15H15NO3S2. The molecule has 2 N–H and O–H groups in total. The van der Waals surface area contributed by atoms with Crippen molar-refractivity contribution in [3.63, 3.8) is 0 Å². The minimum absolute atomic E-state index is 0.233. The maximum atomic E-state index is 12.3. The lowest BCUT2D eigenvalue weighted by molar-refractivity contribution is 0.350. The van der Waals surface area contributed by atoms with Gasteiger partial charge in [-0.15, -0.1) is 11.3 Å². The molecule has 6 heteroatoms. The number of aliphatic hydroxyl groups excluding tert-OH is 1. The monoisotopic (exact) mass is 321 g/mol. The summed E-state index contributed by atoms with van der Waals surface area (Å²) in [5.41, 5.74) is 2.01. The highest BCUT2D eigenvalue weighted by Gasteiger charge is 2.16. The van der Waals surface area contributed by atoms with E-state index in [1.807, 2.05) is 19.9 Å². The van der Waals surface area contributed by atoms with Crippen LogP contribution in [0, 0.1) is 25.7 Å². The van der Waals surface area contributed by atoms with Crippen LogP contribution in [0.1, 0.15) is 16.0 Å². The van der Waals surface area contributed by atoms with E-state index in [0.29, 0.717) is 11.3 Å². The van der Waals surface area contributed by atoms with E-state index in [1.54, 1.807) is 24.3 Å². The molecule has 0 aliphatic rings. The Morgan fingerprint density at radius 2 is 2.00 bits per heavy atom. The van der Waals surface area contributed by atoms with Gasteiger partial charge in [0.25, 0.3) is 10.0 Å². The number of anilines is 1. The molecule has 2 aromatic rings. The number of sulfonamides is 1. The first-order valence-electron chi connectivity index (χ1n) is 6.21. The Hall–Kier alpha value is -1.81. The molecule has 0 radical (unpaired) electrons. The largest absolute Gasteiger partial charge is 0.384 e. The van der Waals surface area contributed by atoms with Gasteiger partial charge in [-0.05, 0) is 49.7 Å². The SMILES string of the molecule is Cc1cc(C#CCO)cc(NS(=O)(=O)c2ccc(C)s2)c1. The van der Waals surface area contributed by atoms with Gasteiger partial charge in [0, 0.05) is 10.4 Å². The van der Waals surface area contributed by atoms with Crippen molar-refractivity contribution in [1.82, 2.24) is 0 Å². The van der Waals surface area contributed by atoms with Gasteiger partial charge in [-0.1, -0.05) is 11.8 Å². The van der Waals surface area contributed by atoms with Crippen molar-refractivity contribution < 1.29 is 13.5 Å². The third-order valence-electron chi connectivity index (χ3n) is 2.62. The Morgan fingerprint density at radius 1 is 1.24 bits per heavy atom. The maximum Gasteiger partial charge on any atom is 0.271 e. The zero-order chi connectivity index (χ0) is 15.5. The molecule has 0 fully saturated rings. The minimum atomic E-state index is -3.58. The van der Waals surface area contributed by atoms with Crippen LogP contribution >= 0.6 is 11.3 Å². The molecule has 0 bridgehead atoms. The zero-order valence-electron chi connectivity index (χ0n) is 11.7. The van der Waals surface area contributed by atoms with Gasteiger partial charge in [0.05, 0.1) is 5.69 Å². The normalized spacial score (nSPS) is 10.8. The number of benzene rings is 1. The lowest BCUT2D eigenvalue weighted by atomic mass is 10.1. The first-order chi connectivity index (χ1) is 9.90. The Morgan fingerprint density at radius 3 is 2.62 bits per heavy atom. The van der Waals surface area contributed by atoms with Crippen LogP contribution in [0.3, 0.4) is 0 Å². The second-order valence-corrected chi connectivity index (χ2v) is 7.72. The van der Waals surface area contributed by atoms with E-state index >= 15 is 0 Å². The van der Waals surface area contributed by atoms with Crippen LogP contribution in [0.15, 0.2) is 34.5 Å². The van der Waals surface area contributed by atoms with Crippen molar-refractivity contribution in [3.8, 4) is 11.8 Å². The van der Waals surface area contributed by atoms with E-state index in [-0.39, 0.29) is 10.8 Å². The Labute approximate surface area is 128 Å². The van der Waals surface area contributed by atoms with Gasteiger partial charge in [-0.3, -0.25) is 4.72 Å². The number of thiophene rings is 1. The maximum absolute atomic E-state index is 12.3. The quantitative estimate of drug-likeness (QED) is 0.854. The van der Waals surface area contributed by atoms with Gasteiger partial charge in [0.1, 0.15) is 10.8 Å². The van der Waals surface area contributed by atoms with Gasteiger partial charge in [-0.2, -0.15) is 0 Å². The Bertz CT molecular complexity index is 811. The molecule has 0 aliphatic carbocycles. The molecule has 1 aromatic carbocycles. The van der Waals surface area contributed by atoms with Crippen molar-refractivity contribution in [2.24, 2.45) is 0 Å². The second-order valence-electron chi connectivity index (χ2n) is 4.52. The topological polar surface area (TPSA) is 66.4 Å². The third kappa shape index (κ3) is 4.08. The third-order valence-corrected chi connectivity index (χ3v) is 5.50. The average Bonchev–Trinajstić information content (AvgIpc) is 2.83. The number of hydrogen-bond acceptors (Lipinski definition) is 4. The van der Waals surface area contributed by atoms with E-state index < -0.39 is 10.0 Å². The van der Waals surface area contributed by atoms with Crippen LogP contribution in [0.25, 0.3) is 0 Å². The van der Waals surface area contributed by atoms with Crippen molar-refractivity contribution in [3.05, 3.63) is 46.3 Å². The summed E-state index contributed by atoms with van der Waals surface area (Å²) in [4.78, 5) is 0.939. The van der Waals surface area contributed by atoms with Crippen molar-refractivity contribution >= 4 is 27.0 Å². The summed E-state index contributed by atoms with van der Waals surface area (Å²) in [5.74, 6) is 5.32. The number of hydrogen-bond donors (Lipinski definition) is 2. The predicted molar refractivity (Wildman–Crippen MR) is 85.0 cm³/mol. The van der Waals surface area contributed by atoms with Crippen LogP contribution in [0.5, 0.6) is 0 Å². The highest BCUT2D eigenvalue weighted by Crippen LogP contribution is 2.24. The molecule has 0 aliphatic heterocycles. The lowest BCUT2D eigenvalue weighted by Gasteiger charge is -2.08. The lowest BCUT2D eigenvalue weighted by Crippen LogP contribution is -2.11. The first-order valence-corrected chi connectivity index (χ1v) is 8.51. The molecule has 0 unspecified atom stereocenters. The van der Waals surface area contributed by atoms with E-state index in [1.165, 1.54) is 11.3 Å². The smallest absolute Gasteiger partial charge is 0.271 e. The standard InChI is InChI=1S/C15H15NO3S2/c1-11-8-13(4-3-7-17)10-14(9-11)16-21(18,19)15-6-5-12(2)20-15/h5-6,8-10,16-17H,7H2,1-2H3. The van der Waals surface area contributed by atoms with Crippen LogP contribution in [-0.4, -0.2) is 20.1 Å². The summed E-state index contributed by atoms with van der Waals surface area (Å²) in [7, 11) is -3.58. The van der Waals surface area contributed by atoms with Crippen LogP contribution < -0.4 is 4.72 Å². The van der Waals surface area contributed by atoms with E-state index in [4.69, 9.17) is 5.11 Å². The highest BCUT2D eigenvalue weighted by atomic mass is 32.2. The van der Waals surface area contributed by atoms with Gasteiger partial charge in [0.2, 0.25) is 0 Å². The van der Waals surface area contributed by atoms with E-state index in [9.17, 15) is 8.42 Å². The van der Waals surface area contributed by atoms with Crippen molar-refractivity contribution in [2.45, 2.75) is 18.1 Å². The highest BCUT2D eigenvalue weighted by molar-refractivity contribution is 7.94. The number of aliphatic hydroxyl groups is 1. The summed E-state index contributed by atoms with van der Waals surface area (Å²) >= 11 is 1.22. The molecule has 2 rings (SSSR count). The molecule has 1 aromatic heterocycles. The molecule has 4 nitrogen and oxygen atoms in total. The van der Waals surface area contributed by atoms with E-state index in [2.05, 4.69) is 16.6 Å². The summed E-state index contributed by atoms with van der Waals surface area (Å²) in [6.07, 6.45) is 0. The summed E-state index contributed by atoms with van der Waals surface area (Å²) in [5, 5.41) is 8.72. The van der Waals surface area contributed by atoms with Gasteiger partial charge in [0.15, 0.2) is 0 Å². The Kier molecular flexibility index (Phi) is 4.68. The minimum Gasteiger partial charge on any atom is -0.384 e. The fourth-order valence-corrected chi connectivity index (χ4v) is 4.14. The van der Waals surface area contributed by atoms with Crippen LogP contribution in [0.4, 0.5) is 5.69 Å². The molecule has 1 heterocycles. The van der Waals surface area contributed by atoms with Crippen LogP contribution in [-0.2, 0) is 10.0 Å². The Balaban J connectivity index is 2.33. The van der Waals surface area contributed by atoms with Crippen LogP contribution in [0.2, 0.25) is 0 Å². The van der Waals surface area contributed by atoms with Crippen molar-refractivity contribution in [1.29, 1.82) is 0 Å². The summed E-state index contributed by atoms with van der Waals surface area (Å²) < 4.78 is 27.4. The molecule has 21 heavy (non-hydrogen) atoms. The van der Waals surface area contributed by atoms with E-state index in [0.717, 1.165) is 10.4 Å². The second kappa shape index (κ2) is 6.31. The average molecular weight is 321 g/mol. The number of nitrogens with one attached hydrogen (secondary N) is 1. The fourth-order valence-electron chi connectivity index (χ4n) is 1.82. The molecule has 0 saturated carbocycles. The molecule has 0 atom stereocenters. The fraction of sp³-hybridized carbons (Fsp3) is 0.200. The summed E-state index contributed by atoms with van der Waals surface area (Å²) in [6.45, 7) is 3.49. The molecular weight excluding hydrogens is 306 g/mol. The van der Waals surface area contributed by atoms with Gasteiger partial charge < -0.3 is 5.11 Å². The van der Waals surface area contributed by atoms with Crippen molar-refractivity contribution in [2.75, 3.05) is 11.3 Å². The molecule has 0 spiro atoms. The summed E-state index contributed by atoms with van der Waals surface area (Å²) in [6, 6.07) is 8.57. The van der Waals surface area contributed by atoms with Gasteiger partial charge >= 0.3 is 0 Å². The first kappa shape index (κ1) is 15.6. The number of aryl methyl sites for hydroxylation is 2. The number of rotatable bonds is 3. The molecule has 0 amide bonds. The predicted octanol–water partition coefficient (Wildman–Crippen LogP) is 2.51. The molecule has 0 saturated heterocycles. The zero-order valence-corrected chi connectivity index (χ0v) is 13.3. The van der Waals surface area contributed by atoms with Gasteiger partial charge in [-0.25, -0.2) is 8.42 Å². The molecule has 110 valence electrons.